The van der Waals surface area contributed by atoms with Gasteiger partial charge in [-0.05, 0) is 26.2 Å². The van der Waals surface area contributed by atoms with Gasteiger partial charge in [0.05, 0.1) is 12.5 Å². The fraction of sp³-hybridized carbons (Fsp3) is 0.786. The number of rotatable bonds is 4. The summed E-state index contributed by atoms with van der Waals surface area (Å²) < 4.78 is 0. The molecule has 2 atom stereocenters. The molecule has 0 radical (unpaired) electrons. The first-order valence-electron chi connectivity index (χ1n) is 7.54. The molecule has 2 aliphatic rings. The number of amides is 2. The maximum atomic E-state index is 12.5. The minimum absolute atomic E-state index is 0.000196. The molecule has 7 heteroatoms. The largest absolute Gasteiger partial charge is 0.481 e. The van der Waals surface area contributed by atoms with Crippen LogP contribution in [0.2, 0.25) is 0 Å². The minimum atomic E-state index is -1.03. The van der Waals surface area contributed by atoms with Crippen molar-refractivity contribution in [3.8, 4) is 0 Å². The maximum Gasteiger partial charge on any atom is 0.305 e. The molecule has 0 aromatic rings. The Balaban J connectivity index is 2.06. The molecule has 2 saturated heterocycles. The number of carbonyl (C=O) groups excluding carboxylic acids is 2. The van der Waals surface area contributed by atoms with Gasteiger partial charge in [-0.25, -0.2) is 0 Å². The SMILES string of the molecule is CC(C(=O)N1CCCCC1)N1CCNC(=O)C1CC(=O)O. The van der Waals surface area contributed by atoms with E-state index in [4.69, 9.17) is 5.11 Å². The second kappa shape index (κ2) is 6.89. The number of carboxylic acid groups (broad SMARTS) is 1. The Labute approximate surface area is 124 Å². The van der Waals surface area contributed by atoms with Crippen LogP contribution in [-0.4, -0.2) is 71.0 Å². The van der Waals surface area contributed by atoms with Crippen molar-refractivity contribution in [2.24, 2.45) is 0 Å². The van der Waals surface area contributed by atoms with Crippen molar-refractivity contribution in [1.82, 2.24) is 15.1 Å². The first-order chi connectivity index (χ1) is 10.0. The van der Waals surface area contributed by atoms with Gasteiger partial charge in [0, 0.05) is 26.2 Å². The molecule has 2 fully saturated rings. The van der Waals surface area contributed by atoms with E-state index < -0.39 is 18.1 Å². The normalized spacial score (nSPS) is 25.3. The first-order valence-corrected chi connectivity index (χ1v) is 7.54. The number of carbonyl (C=O) groups is 3. The molecule has 7 nitrogen and oxygen atoms in total. The molecular formula is C14H23N3O4. The van der Waals surface area contributed by atoms with Gasteiger partial charge in [0.15, 0.2) is 0 Å². The number of nitrogens with one attached hydrogen (secondary N) is 1. The van der Waals surface area contributed by atoms with Crippen molar-refractivity contribution in [2.45, 2.75) is 44.7 Å². The summed E-state index contributed by atoms with van der Waals surface area (Å²) in [5, 5.41) is 11.6. The van der Waals surface area contributed by atoms with E-state index in [0.29, 0.717) is 13.1 Å². The third-order valence-electron chi connectivity index (χ3n) is 4.26. The lowest BCUT2D eigenvalue weighted by molar-refractivity contribution is -0.148. The highest BCUT2D eigenvalue weighted by molar-refractivity contribution is 5.88. The summed E-state index contributed by atoms with van der Waals surface area (Å²) in [6.45, 7) is 4.24. The van der Waals surface area contributed by atoms with E-state index in [0.717, 1.165) is 32.4 Å². The summed E-state index contributed by atoms with van der Waals surface area (Å²) in [6, 6.07) is -1.22. The Hall–Kier alpha value is -1.63. The van der Waals surface area contributed by atoms with E-state index in [1.54, 1.807) is 11.8 Å². The van der Waals surface area contributed by atoms with E-state index in [1.165, 1.54) is 0 Å². The number of aliphatic carboxylic acids is 1. The lowest BCUT2D eigenvalue weighted by atomic mass is 10.0. The summed E-state index contributed by atoms with van der Waals surface area (Å²) in [7, 11) is 0. The highest BCUT2D eigenvalue weighted by atomic mass is 16.4. The van der Waals surface area contributed by atoms with E-state index in [1.807, 2.05) is 4.90 Å². The topological polar surface area (TPSA) is 90.0 Å². The van der Waals surface area contributed by atoms with Crippen LogP contribution >= 0.6 is 0 Å². The fourth-order valence-electron chi connectivity index (χ4n) is 3.09. The molecule has 0 saturated carbocycles. The lowest BCUT2D eigenvalue weighted by Gasteiger charge is -2.40. The van der Waals surface area contributed by atoms with Crippen molar-refractivity contribution in [2.75, 3.05) is 26.2 Å². The van der Waals surface area contributed by atoms with Gasteiger partial charge >= 0.3 is 5.97 Å². The van der Waals surface area contributed by atoms with Crippen LogP contribution in [0.3, 0.4) is 0 Å². The minimum Gasteiger partial charge on any atom is -0.481 e. The van der Waals surface area contributed by atoms with E-state index >= 15 is 0 Å². The van der Waals surface area contributed by atoms with Crippen LogP contribution in [0.25, 0.3) is 0 Å². The van der Waals surface area contributed by atoms with Gasteiger partial charge in [0.2, 0.25) is 11.8 Å². The number of hydrogen-bond acceptors (Lipinski definition) is 4. The van der Waals surface area contributed by atoms with Crippen molar-refractivity contribution in [1.29, 1.82) is 0 Å². The van der Waals surface area contributed by atoms with Crippen LogP contribution in [0.1, 0.15) is 32.6 Å². The van der Waals surface area contributed by atoms with E-state index in [2.05, 4.69) is 5.32 Å². The molecule has 0 aromatic carbocycles. The van der Waals surface area contributed by atoms with Gasteiger partial charge in [0.1, 0.15) is 6.04 Å². The van der Waals surface area contributed by atoms with Gasteiger partial charge in [0.25, 0.3) is 0 Å². The smallest absolute Gasteiger partial charge is 0.305 e. The molecule has 118 valence electrons. The molecule has 2 aliphatic heterocycles. The molecule has 21 heavy (non-hydrogen) atoms. The zero-order valence-corrected chi connectivity index (χ0v) is 12.4. The van der Waals surface area contributed by atoms with Crippen molar-refractivity contribution in [3.63, 3.8) is 0 Å². The Morgan fingerprint density at radius 2 is 1.95 bits per heavy atom. The Morgan fingerprint density at radius 3 is 2.57 bits per heavy atom. The van der Waals surface area contributed by atoms with Crippen molar-refractivity contribution < 1.29 is 19.5 Å². The average molecular weight is 297 g/mol. The third-order valence-corrected chi connectivity index (χ3v) is 4.26. The van der Waals surface area contributed by atoms with Crippen LogP contribution < -0.4 is 5.32 Å². The Morgan fingerprint density at radius 1 is 1.29 bits per heavy atom. The van der Waals surface area contributed by atoms with Crippen molar-refractivity contribution in [3.05, 3.63) is 0 Å². The monoisotopic (exact) mass is 297 g/mol. The molecule has 0 aliphatic carbocycles. The summed E-state index contributed by atoms with van der Waals surface area (Å²) >= 11 is 0. The maximum absolute atomic E-state index is 12.5. The van der Waals surface area contributed by atoms with Gasteiger partial charge in [-0.15, -0.1) is 0 Å². The number of likely N-dealkylation sites (tertiary alicyclic amines) is 1. The van der Waals surface area contributed by atoms with E-state index in [-0.39, 0.29) is 18.2 Å². The molecule has 0 spiro atoms. The zero-order chi connectivity index (χ0) is 15.4. The molecule has 2 N–H and O–H groups in total. The molecular weight excluding hydrogens is 274 g/mol. The summed E-state index contributed by atoms with van der Waals surface area (Å²) in [5.74, 6) is -1.33. The lowest BCUT2D eigenvalue weighted by Crippen LogP contribution is -2.61. The van der Waals surface area contributed by atoms with Crippen molar-refractivity contribution >= 4 is 17.8 Å². The predicted octanol–water partition coefficient (Wildman–Crippen LogP) is -0.337. The van der Waals surface area contributed by atoms with Crippen LogP contribution in [-0.2, 0) is 14.4 Å². The number of piperidine rings is 1. The average Bonchev–Trinajstić information content (AvgIpc) is 2.48. The second-order valence-corrected chi connectivity index (χ2v) is 5.70. The molecule has 2 heterocycles. The number of hydrogen-bond donors (Lipinski definition) is 2. The number of carboxylic acids is 1. The standard InChI is InChI=1S/C14H23N3O4/c1-10(14(21)16-6-3-2-4-7-16)17-8-5-15-13(20)11(17)9-12(18)19/h10-11H,2-9H2,1H3,(H,15,20)(H,18,19). The first kappa shape index (κ1) is 15.8. The van der Waals surface area contributed by atoms with Crippen LogP contribution in [0, 0.1) is 0 Å². The molecule has 2 rings (SSSR count). The van der Waals surface area contributed by atoms with Gasteiger partial charge < -0.3 is 15.3 Å². The summed E-state index contributed by atoms with van der Waals surface area (Å²) in [5.41, 5.74) is 0. The quantitative estimate of drug-likeness (QED) is 0.741. The Kier molecular flexibility index (Phi) is 5.17. The predicted molar refractivity (Wildman–Crippen MR) is 75.6 cm³/mol. The number of nitrogens with zero attached hydrogens (tertiary/aromatic N) is 2. The van der Waals surface area contributed by atoms with Crippen LogP contribution in [0.15, 0.2) is 0 Å². The van der Waals surface area contributed by atoms with E-state index in [9.17, 15) is 14.4 Å². The highest BCUT2D eigenvalue weighted by Crippen LogP contribution is 2.17. The number of piperazine rings is 1. The van der Waals surface area contributed by atoms with Gasteiger partial charge in [-0.1, -0.05) is 0 Å². The molecule has 2 amide bonds. The third kappa shape index (κ3) is 3.72. The molecule has 2 unspecified atom stereocenters. The van der Waals surface area contributed by atoms with Crippen LogP contribution in [0.5, 0.6) is 0 Å². The highest BCUT2D eigenvalue weighted by Gasteiger charge is 2.38. The van der Waals surface area contributed by atoms with Gasteiger partial charge in [-0.2, -0.15) is 0 Å². The zero-order valence-electron chi connectivity index (χ0n) is 12.4. The Bertz CT molecular complexity index is 420. The van der Waals surface area contributed by atoms with Gasteiger partial charge in [-0.3, -0.25) is 19.3 Å². The summed E-state index contributed by atoms with van der Waals surface area (Å²) in [4.78, 5) is 39.0. The fourth-order valence-corrected chi connectivity index (χ4v) is 3.09. The molecule has 0 aromatic heterocycles. The second-order valence-electron chi connectivity index (χ2n) is 5.70. The molecule has 0 bridgehead atoms. The summed E-state index contributed by atoms with van der Waals surface area (Å²) in [6.07, 6.45) is 2.89. The van der Waals surface area contributed by atoms with Crippen LogP contribution in [0.4, 0.5) is 0 Å².